The van der Waals surface area contributed by atoms with Crippen molar-refractivity contribution in [1.82, 2.24) is 10.6 Å². The molecule has 0 aromatic heterocycles. The summed E-state index contributed by atoms with van der Waals surface area (Å²) >= 11 is 11.7. The molecule has 10 heteroatoms. The summed E-state index contributed by atoms with van der Waals surface area (Å²) in [5.74, 6) is -1.40. The van der Waals surface area contributed by atoms with E-state index < -0.39 is 17.7 Å². The standard InChI is InChI=1S/C21H20Cl2N4O4/c22-13-3-8-16(17(23)10-13)21(31)25-11-18(28)24-12-19(29)26-14-4-6-15(7-5-14)27-9-1-2-20(27)30/h3-8,10H,1-2,9,11-12H2,(H,24,28)(H,25,31)(H,26,29). The van der Waals surface area contributed by atoms with E-state index in [0.29, 0.717) is 23.7 Å². The molecule has 8 nitrogen and oxygen atoms in total. The second-order valence-corrected chi connectivity index (χ2v) is 7.67. The van der Waals surface area contributed by atoms with Gasteiger partial charge in [0.1, 0.15) is 0 Å². The van der Waals surface area contributed by atoms with Crippen molar-refractivity contribution in [2.75, 3.05) is 29.9 Å². The van der Waals surface area contributed by atoms with Crippen LogP contribution >= 0.6 is 23.2 Å². The van der Waals surface area contributed by atoms with E-state index >= 15 is 0 Å². The zero-order chi connectivity index (χ0) is 22.4. The number of anilines is 2. The molecule has 2 aromatic rings. The zero-order valence-electron chi connectivity index (χ0n) is 16.4. The first kappa shape index (κ1) is 22.6. The molecule has 0 radical (unpaired) electrons. The fraction of sp³-hybridized carbons (Fsp3) is 0.238. The van der Waals surface area contributed by atoms with Crippen LogP contribution in [0.1, 0.15) is 23.2 Å². The summed E-state index contributed by atoms with van der Waals surface area (Å²) in [4.78, 5) is 49.5. The molecule has 0 spiro atoms. The number of amides is 4. The molecule has 1 aliphatic rings. The minimum absolute atomic E-state index is 0.0879. The van der Waals surface area contributed by atoms with Crippen molar-refractivity contribution in [2.45, 2.75) is 12.8 Å². The van der Waals surface area contributed by atoms with Crippen molar-refractivity contribution in [1.29, 1.82) is 0 Å². The number of nitrogens with one attached hydrogen (secondary N) is 3. The molecule has 0 bridgehead atoms. The lowest BCUT2D eigenvalue weighted by atomic mass is 10.2. The van der Waals surface area contributed by atoms with Gasteiger partial charge in [-0.1, -0.05) is 23.2 Å². The van der Waals surface area contributed by atoms with E-state index in [2.05, 4.69) is 16.0 Å². The summed E-state index contributed by atoms with van der Waals surface area (Å²) in [5, 5.41) is 8.07. The summed E-state index contributed by atoms with van der Waals surface area (Å²) in [6.07, 6.45) is 1.38. The lowest BCUT2D eigenvalue weighted by Crippen LogP contribution is -2.40. The van der Waals surface area contributed by atoms with Crippen LogP contribution in [0.25, 0.3) is 0 Å². The van der Waals surface area contributed by atoms with Gasteiger partial charge in [0.15, 0.2) is 0 Å². The van der Waals surface area contributed by atoms with Crippen LogP contribution in [0, 0.1) is 0 Å². The van der Waals surface area contributed by atoms with Crippen molar-refractivity contribution >= 4 is 58.2 Å². The van der Waals surface area contributed by atoms with Crippen molar-refractivity contribution in [3.05, 3.63) is 58.1 Å². The maximum Gasteiger partial charge on any atom is 0.253 e. The van der Waals surface area contributed by atoms with Gasteiger partial charge in [0.05, 0.1) is 23.7 Å². The van der Waals surface area contributed by atoms with E-state index in [1.54, 1.807) is 29.2 Å². The minimum atomic E-state index is -0.531. The van der Waals surface area contributed by atoms with Gasteiger partial charge in [-0.05, 0) is 48.9 Å². The maximum atomic E-state index is 12.1. The van der Waals surface area contributed by atoms with Crippen LogP contribution < -0.4 is 20.9 Å². The Balaban J connectivity index is 1.41. The summed E-state index contributed by atoms with van der Waals surface area (Å²) < 4.78 is 0. The number of carbonyl (C=O) groups is 4. The normalized spacial score (nSPS) is 13.1. The molecule has 1 saturated heterocycles. The Morgan fingerprint density at radius 3 is 2.29 bits per heavy atom. The molecule has 0 aliphatic carbocycles. The molecular weight excluding hydrogens is 443 g/mol. The van der Waals surface area contributed by atoms with Crippen molar-refractivity contribution < 1.29 is 19.2 Å². The molecule has 31 heavy (non-hydrogen) atoms. The van der Waals surface area contributed by atoms with E-state index in [0.717, 1.165) is 12.1 Å². The van der Waals surface area contributed by atoms with Gasteiger partial charge in [0.2, 0.25) is 17.7 Å². The fourth-order valence-corrected chi connectivity index (χ4v) is 3.52. The highest BCUT2D eigenvalue weighted by molar-refractivity contribution is 6.36. The van der Waals surface area contributed by atoms with Crippen molar-refractivity contribution in [3.63, 3.8) is 0 Å². The number of hydrogen-bond acceptors (Lipinski definition) is 4. The van der Waals surface area contributed by atoms with Crippen LogP contribution in [0.15, 0.2) is 42.5 Å². The molecule has 1 heterocycles. The third kappa shape index (κ3) is 6.19. The Morgan fingerprint density at radius 1 is 0.935 bits per heavy atom. The summed E-state index contributed by atoms with van der Waals surface area (Å²) in [6, 6.07) is 11.3. The third-order valence-electron chi connectivity index (χ3n) is 4.57. The van der Waals surface area contributed by atoms with Gasteiger partial charge < -0.3 is 20.9 Å². The average molecular weight is 463 g/mol. The number of hydrogen-bond donors (Lipinski definition) is 3. The van der Waals surface area contributed by atoms with E-state index in [1.807, 2.05) is 0 Å². The van der Waals surface area contributed by atoms with Crippen molar-refractivity contribution in [2.24, 2.45) is 0 Å². The largest absolute Gasteiger partial charge is 0.345 e. The molecule has 4 amide bonds. The van der Waals surface area contributed by atoms with Crippen LogP contribution in [0.3, 0.4) is 0 Å². The highest BCUT2D eigenvalue weighted by Gasteiger charge is 2.21. The van der Waals surface area contributed by atoms with Crippen LogP contribution in [0.4, 0.5) is 11.4 Å². The highest BCUT2D eigenvalue weighted by Crippen LogP contribution is 2.23. The van der Waals surface area contributed by atoms with E-state index in [1.165, 1.54) is 18.2 Å². The molecule has 162 valence electrons. The highest BCUT2D eigenvalue weighted by atomic mass is 35.5. The van der Waals surface area contributed by atoms with E-state index in [-0.39, 0.29) is 29.6 Å². The molecule has 3 N–H and O–H groups in total. The molecule has 0 atom stereocenters. The Kier molecular flexibility index (Phi) is 7.49. The smallest absolute Gasteiger partial charge is 0.253 e. The Morgan fingerprint density at radius 2 is 1.65 bits per heavy atom. The first-order valence-electron chi connectivity index (χ1n) is 9.54. The van der Waals surface area contributed by atoms with Crippen LogP contribution in [0.5, 0.6) is 0 Å². The van der Waals surface area contributed by atoms with Crippen LogP contribution in [-0.4, -0.2) is 43.3 Å². The Bertz CT molecular complexity index is 1010. The summed E-state index contributed by atoms with van der Waals surface area (Å²) in [7, 11) is 0. The van der Waals surface area contributed by atoms with E-state index in [9.17, 15) is 19.2 Å². The number of rotatable bonds is 7. The van der Waals surface area contributed by atoms with Gasteiger partial charge in [-0.2, -0.15) is 0 Å². The van der Waals surface area contributed by atoms with Gasteiger partial charge >= 0.3 is 0 Å². The summed E-state index contributed by atoms with van der Waals surface area (Å²) in [5.41, 5.74) is 1.52. The quantitative estimate of drug-likeness (QED) is 0.587. The molecule has 0 saturated carbocycles. The Hall–Kier alpha value is -3.10. The van der Waals surface area contributed by atoms with Crippen molar-refractivity contribution in [3.8, 4) is 0 Å². The lowest BCUT2D eigenvalue weighted by Gasteiger charge is -2.16. The first-order chi connectivity index (χ1) is 14.8. The number of benzene rings is 2. The minimum Gasteiger partial charge on any atom is -0.345 e. The molecule has 2 aromatic carbocycles. The van der Waals surface area contributed by atoms with Gasteiger partial charge in [-0.25, -0.2) is 0 Å². The lowest BCUT2D eigenvalue weighted by molar-refractivity contribution is -0.123. The topological polar surface area (TPSA) is 108 Å². The van der Waals surface area contributed by atoms with Crippen LogP contribution in [-0.2, 0) is 14.4 Å². The maximum absolute atomic E-state index is 12.1. The first-order valence-corrected chi connectivity index (χ1v) is 10.3. The molecule has 3 rings (SSSR count). The van der Waals surface area contributed by atoms with Gasteiger partial charge in [-0.15, -0.1) is 0 Å². The fourth-order valence-electron chi connectivity index (χ4n) is 3.02. The molecule has 0 unspecified atom stereocenters. The monoisotopic (exact) mass is 462 g/mol. The number of carbonyl (C=O) groups excluding carboxylic acids is 4. The second-order valence-electron chi connectivity index (χ2n) is 6.83. The second kappa shape index (κ2) is 10.3. The molecule has 1 aliphatic heterocycles. The summed E-state index contributed by atoms with van der Waals surface area (Å²) in [6.45, 7) is 0.115. The average Bonchev–Trinajstić information content (AvgIpc) is 3.17. The number of halogens is 2. The molecule has 1 fully saturated rings. The van der Waals surface area contributed by atoms with Gasteiger partial charge in [0, 0.05) is 29.4 Å². The van der Waals surface area contributed by atoms with Gasteiger partial charge in [0.25, 0.3) is 5.91 Å². The SMILES string of the molecule is O=C(CNC(=O)c1ccc(Cl)cc1Cl)NCC(=O)Nc1ccc(N2CCCC2=O)cc1. The van der Waals surface area contributed by atoms with E-state index in [4.69, 9.17) is 23.2 Å². The zero-order valence-corrected chi connectivity index (χ0v) is 17.9. The molecular formula is C21H20Cl2N4O4. The number of nitrogens with zero attached hydrogens (tertiary/aromatic N) is 1. The Labute approximate surface area is 188 Å². The van der Waals surface area contributed by atoms with Crippen LogP contribution in [0.2, 0.25) is 10.0 Å². The third-order valence-corrected chi connectivity index (χ3v) is 5.12. The predicted octanol–water partition coefficient (Wildman–Crippen LogP) is 2.60. The predicted molar refractivity (Wildman–Crippen MR) is 118 cm³/mol. The van der Waals surface area contributed by atoms with Gasteiger partial charge in [-0.3, -0.25) is 19.2 Å².